The van der Waals surface area contributed by atoms with Crippen LogP contribution in [0.3, 0.4) is 0 Å². The van der Waals surface area contributed by atoms with Gasteiger partial charge in [0.25, 0.3) is 0 Å². The van der Waals surface area contributed by atoms with Crippen molar-refractivity contribution in [3.8, 4) is 5.82 Å². The van der Waals surface area contributed by atoms with Gasteiger partial charge in [-0.05, 0) is 52.3 Å². The molecule has 0 aliphatic rings. The molecule has 0 aliphatic carbocycles. The Hall–Kier alpha value is -2.74. The minimum atomic E-state index is 0.551. The monoisotopic (exact) mass is 397 g/mol. The highest BCUT2D eigenvalue weighted by molar-refractivity contribution is 7.11. The van der Waals surface area contributed by atoms with E-state index in [1.54, 1.807) is 11.3 Å². The molecule has 0 saturated heterocycles. The molecular weight excluding hydrogens is 370 g/mol. The van der Waals surface area contributed by atoms with E-state index in [0.29, 0.717) is 13.1 Å². The van der Waals surface area contributed by atoms with Crippen LogP contribution in [0.15, 0.2) is 29.4 Å². The number of aryl methyl sites for hydroxylation is 4. The summed E-state index contributed by atoms with van der Waals surface area (Å²) >= 11 is 1.72. The zero-order chi connectivity index (χ0) is 20.1. The van der Waals surface area contributed by atoms with Crippen LogP contribution in [-0.4, -0.2) is 32.3 Å². The molecule has 0 unspecified atom stereocenters. The molecule has 148 valence electrons. The maximum Gasteiger partial charge on any atom is 0.191 e. The molecule has 0 atom stereocenters. The quantitative estimate of drug-likeness (QED) is 0.493. The number of rotatable bonds is 6. The number of aromatic nitrogens is 4. The summed E-state index contributed by atoms with van der Waals surface area (Å²) in [6.07, 6.45) is 1.85. The van der Waals surface area contributed by atoms with E-state index in [9.17, 15) is 0 Å². The zero-order valence-corrected chi connectivity index (χ0v) is 17.9. The van der Waals surface area contributed by atoms with Gasteiger partial charge in [-0.2, -0.15) is 5.10 Å². The zero-order valence-electron chi connectivity index (χ0n) is 17.1. The van der Waals surface area contributed by atoms with Crippen LogP contribution in [0, 0.1) is 27.7 Å². The van der Waals surface area contributed by atoms with Gasteiger partial charge in [0.05, 0.1) is 24.5 Å². The Bertz CT molecular complexity index is 934. The Morgan fingerprint density at radius 2 is 2.00 bits per heavy atom. The lowest BCUT2D eigenvalue weighted by molar-refractivity contribution is 0.798. The van der Waals surface area contributed by atoms with Crippen LogP contribution in [0.2, 0.25) is 0 Å². The summed E-state index contributed by atoms with van der Waals surface area (Å²) in [5.41, 5.74) is 4.20. The van der Waals surface area contributed by atoms with E-state index in [0.717, 1.165) is 46.0 Å². The number of nitrogens with one attached hydrogen (secondary N) is 2. The molecule has 0 amide bonds. The number of thiazole rings is 1. The van der Waals surface area contributed by atoms with E-state index in [1.165, 1.54) is 4.88 Å². The lowest BCUT2D eigenvalue weighted by Crippen LogP contribution is -2.36. The van der Waals surface area contributed by atoms with Crippen molar-refractivity contribution in [2.75, 3.05) is 6.54 Å². The van der Waals surface area contributed by atoms with Gasteiger partial charge in [0.2, 0.25) is 0 Å². The first kappa shape index (κ1) is 20.0. The highest BCUT2D eigenvalue weighted by Crippen LogP contribution is 2.16. The Morgan fingerprint density at radius 3 is 2.57 bits per heavy atom. The number of hydrogen-bond acceptors (Lipinski definition) is 5. The Kier molecular flexibility index (Phi) is 6.41. The van der Waals surface area contributed by atoms with Crippen molar-refractivity contribution in [3.05, 3.63) is 56.9 Å². The number of pyridine rings is 1. The normalized spacial score (nSPS) is 11.7. The predicted molar refractivity (Wildman–Crippen MR) is 114 cm³/mol. The van der Waals surface area contributed by atoms with Crippen LogP contribution in [0.4, 0.5) is 0 Å². The Balaban J connectivity index is 1.64. The molecule has 0 fully saturated rings. The van der Waals surface area contributed by atoms with Gasteiger partial charge in [0, 0.05) is 23.3 Å². The Labute approximate surface area is 170 Å². The average Bonchev–Trinajstić information content (AvgIpc) is 3.18. The molecule has 2 N–H and O–H groups in total. The lowest BCUT2D eigenvalue weighted by Gasteiger charge is -2.10. The Morgan fingerprint density at radius 1 is 1.18 bits per heavy atom. The fourth-order valence-corrected chi connectivity index (χ4v) is 3.66. The lowest BCUT2D eigenvalue weighted by atomic mass is 10.3. The van der Waals surface area contributed by atoms with Crippen molar-refractivity contribution in [2.24, 2.45) is 4.99 Å². The van der Waals surface area contributed by atoms with Crippen molar-refractivity contribution in [3.63, 3.8) is 0 Å². The molecule has 0 aromatic carbocycles. The van der Waals surface area contributed by atoms with Gasteiger partial charge in [0.15, 0.2) is 11.8 Å². The third-order valence-electron chi connectivity index (χ3n) is 4.28. The maximum atomic E-state index is 4.66. The summed E-state index contributed by atoms with van der Waals surface area (Å²) in [5.74, 6) is 1.59. The van der Waals surface area contributed by atoms with Crippen molar-refractivity contribution < 1.29 is 0 Å². The third-order valence-corrected chi connectivity index (χ3v) is 5.35. The highest BCUT2D eigenvalue weighted by Gasteiger charge is 2.06. The van der Waals surface area contributed by atoms with Crippen molar-refractivity contribution in [1.82, 2.24) is 30.4 Å². The molecule has 0 saturated carbocycles. The van der Waals surface area contributed by atoms with E-state index in [1.807, 2.05) is 49.8 Å². The molecule has 0 radical (unpaired) electrons. The second-order valence-electron chi connectivity index (χ2n) is 6.66. The van der Waals surface area contributed by atoms with Gasteiger partial charge in [-0.1, -0.05) is 6.07 Å². The van der Waals surface area contributed by atoms with Crippen molar-refractivity contribution >= 4 is 17.3 Å². The summed E-state index contributed by atoms with van der Waals surface area (Å²) in [4.78, 5) is 15.0. The average molecular weight is 398 g/mol. The maximum absolute atomic E-state index is 4.66. The molecule has 3 heterocycles. The molecule has 28 heavy (non-hydrogen) atoms. The molecule has 7 nitrogen and oxygen atoms in total. The van der Waals surface area contributed by atoms with E-state index >= 15 is 0 Å². The molecule has 3 aromatic heterocycles. The summed E-state index contributed by atoms with van der Waals surface area (Å²) in [7, 11) is 0. The molecule has 0 bridgehead atoms. The predicted octanol–water partition coefficient (Wildman–Crippen LogP) is 3.21. The second kappa shape index (κ2) is 8.97. The molecule has 8 heteroatoms. The van der Waals surface area contributed by atoms with Crippen LogP contribution in [-0.2, 0) is 13.1 Å². The summed E-state index contributed by atoms with van der Waals surface area (Å²) < 4.78 is 1.85. The van der Waals surface area contributed by atoms with Crippen LogP contribution in [0.25, 0.3) is 5.82 Å². The first-order valence-electron chi connectivity index (χ1n) is 9.40. The van der Waals surface area contributed by atoms with E-state index in [-0.39, 0.29) is 0 Å². The molecule has 3 rings (SSSR count). The molecule has 0 spiro atoms. The molecule has 3 aromatic rings. The van der Waals surface area contributed by atoms with E-state index < -0.39 is 0 Å². The summed E-state index contributed by atoms with van der Waals surface area (Å²) in [6, 6.07) is 6.06. The first-order valence-corrected chi connectivity index (χ1v) is 10.2. The van der Waals surface area contributed by atoms with Gasteiger partial charge in [0.1, 0.15) is 5.01 Å². The van der Waals surface area contributed by atoms with E-state index in [4.69, 9.17) is 0 Å². The number of hydrogen-bond donors (Lipinski definition) is 2. The van der Waals surface area contributed by atoms with Crippen LogP contribution >= 0.6 is 11.3 Å². The van der Waals surface area contributed by atoms with Crippen LogP contribution in [0.5, 0.6) is 0 Å². The third kappa shape index (κ3) is 4.95. The minimum absolute atomic E-state index is 0.551. The first-order chi connectivity index (χ1) is 13.5. The summed E-state index contributed by atoms with van der Waals surface area (Å²) in [6.45, 7) is 12.2. The molecular formula is C20H27N7S. The second-order valence-corrected chi connectivity index (χ2v) is 7.95. The van der Waals surface area contributed by atoms with E-state index in [2.05, 4.69) is 44.5 Å². The number of guanidine groups is 1. The smallest absolute Gasteiger partial charge is 0.191 e. The summed E-state index contributed by atoms with van der Waals surface area (Å²) in [5, 5.41) is 12.2. The fraction of sp³-hybridized carbons (Fsp3) is 0.400. The minimum Gasteiger partial charge on any atom is -0.357 e. The number of aliphatic imine (C=N–C) groups is 1. The van der Waals surface area contributed by atoms with Crippen molar-refractivity contribution in [1.29, 1.82) is 0 Å². The van der Waals surface area contributed by atoms with Gasteiger partial charge >= 0.3 is 0 Å². The molecule has 0 aliphatic heterocycles. The van der Waals surface area contributed by atoms with Crippen molar-refractivity contribution in [2.45, 2.75) is 47.7 Å². The standard InChI is InChI=1S/C20H27N7S/c1-6-21-20(24-12-19-25-15(4)16(5)28-19)23-11-17-7-8-18(22-10-17)27-14(3)9-13(2)26-27/h7-10H,6,11-12H2,1-5H3,(H2,21,23,24). The fourth-order valence-electron chi connectivity index (χ4n) is 2.78. The highest BCUT2D eigenvalue weighted by atomic mass is 32.1. The topological polar surface area (TPSA) is 80.0 Å². The number of nitrogens with zero attached hydrogens (tertiary/aromatic N) is 5. The van der Waals surface area contributed by atoms with Gasteiger partial charge in [-0.25, -0.2) is 19.6 Å². The SMILES string of the molecule is CCNC(=NCc1ccc(-n2nc(C)cc2C)nc1)NCc1nc(C)c(C)s1. The van der Waals surface area contributed by atoms with Gasteiger partial charge in [-0.15, -0.1) is 11.3 Å². The van der Waals surface area contributed by atoms with Gasteiger partial charge in [-0.3, -0.25) is 0 Å². The van der Waals surface area contributed by atoms with Crippen LogP contribution in [0.1, 0.15) is 39.5 Å². The van der Waals surface area contributed by atoms with Gasteiger partial charge < -0.3 is 10.6 Å². The largest absolute Gasteiger partial charge is 0.357 e. The van der Waals surface area contributed by atoms with Crippen LogP contribution < -0.4 is 10.6 Å².